The van der Waals surface area contributed by atoms with E-state index in [2.05, 4.69) is 9.97 Å². The van der Waals surface area contributed by atoms with E-state index in [9.17, 15) is 4.79 Å². The average molecular weight is 295 g/mol. The summed E-state index contributed by atoms with van der Waals surface area (Å²) in [6.07, 6.45) is 5.67. The highest BCUT2D eigenvalue weighted by atomic mass is 16.5. The highest BCUT2D eigenvalue weighted by Gasteiger charge is 2.19. The quantitative estimate of drug-likeness (QED) is 0.518. The molecule has 0 atom stereocenters. The molecule has 3 heterocycles. The zero-order valence-corrected chi connectivity index (χ0v) is 12.4. The number of ketones is 1. The Morgan fingerprint density at radius 1 is 1.23 bits per heavy atom. The van der Waals surface area contributed by atoms with Gasteiger partial charge in [0.1, 0.15) is 11.3 Å². The summed E-state index contributed by atoms with van der Waals surface area (Å²) in [5, 5.41) is 0. The SMILES string of the molecule is CCOCCC(=O)c1nc2ccccn2c1-c1ccncc1. The van der Waals surface area contributed by atoms with Crippen molar-refractivity contribution in [2.24, 2.45) is 0 Å². The van der Waals surface area contributed by atoms with Crippen LogP contribution in [0.25, 0.3) is 16.9 Å². The molecule has 0 saturated carbocycles. The first-order valence-corrected chi connectivity index (χ1v) is 7.29. The lowest BCUT2D eigenvalue weighted by Gasteiger charge is -2.05. The van der Waals surface area contributed by atoms with Crippen molar-refractivity contribution in [3.63, 3.8) is 0 Å². The van der Waals surface area contributed by atoms with Crippen molar-refractivity contribution in [2.45, 2.75) is 13.3 Å². The molecule has 0 aliphatic heterocycles. The van der Waals surface area contributed by atoms with Crippen molar-refractivity contribution in [3.05, 3.63) is 54.6 Å². The van der Waals surface area contributed by atoms with E-state index >= 15 is 0 Å². The monoisotopic (exact) mass is 295 g/mol. The largest absolute Gasteiger partial charge is 0.381 e. The summed E-state index contributed by atoms with van der Waals surface area (Å²) in [5.74, 6) is -0.0102. The molecule has 3 rings (SSSR count). The van der Waals surface area contributed by atoms with Gasteiger partial charge in [0.25, 0.3) is 0 Å². The third kappa shape index (κ3) is 2.76. The maximum atomic E-state index is 12.5. The van der Waals surface area contributed by atoms with Crippen LogP contribution in [-0.4, -0.2) is 33.4 Å². The number of hydrogen-bond acceptors (Lipinski definition) is 4. The predicted molar refractivity (Wildman–Crippen MR) is 83.9 cm³/mol. The van der Waals surface area contributed by atoms with Gasteiger partial charge in [-0.2, -0.15) is 0 Å². The molecule has 0 bridgehead atoms. The number of imidazole rings is 1. The van der Waals surface area contributed by atoms with Crippen molar-refractivity contribution < 1.29 is 9.53 Å². The van der Waals surface area contributed by atoms with Crippen LogP contribution in [0.4, 0.5) is 0 Å². The summed E-state index contributed by atoms with van der Waals surface area (Å²) in [4.78, 5) is 21.1. The van der Waals surface area contributed by atoms with Crippen LogP contribution in [0.3, 0.4) is 0 Å². The van der Waals surface area contributed by atoms with Crippen LogP contribution < -0.4 is 0 Å². The first-order valence-electron chi connectivity index (χ1n) is 7.29. The molecule has 0 N–H and O–H groups in total. The van der Waals surface area contributed by atoms with Crippen molar-refractivity contribution in [2.75, 3.05) is 13.2 Å². The maximum absolute atomic E-state index is 12.5. The molecule has 0 aliphatic carbocycles. The van der Waals surface area contributed by atoms with E-state index in [1.807, 2.05) is 47.9 Å². The molecule has 5 nitrogen and oxygen atoms in total. The molecule has 0 radical (unpaired) electrons. The van der Waals surface area contributed by atoms with Crippen molar-refractivity contribution in [3.8, 4) is 11.3 Å². The smallest absolute Gasteiger partial charge is 0.185 e. The second kappa shape index (κ2) is 6.49. The Labute approximate surface area is 128 Å². The van der Waals surface area contributed by atoms with E-state index < -0.39 is 0 Å². The van der Waals surface area contributed by atoms with Gasteiger partial charge in [-0.1, -0.05) is 6.07 Å². The zero-order valence-electron chi connectivity index (χ0n) is 12.4. The zero-order chi connectivity index (χ0) is 15.4. The molecule has 5 heteroatoms. The number of carbonyl (C=O) groups excluding carboxylic acids is 1. The summed E-state index contributed by atoms with van der Waals surface area (Å²) in [6.45, 7) is 2.94. The number of carbonyl (C=O) groups is 1. The molecule has 0 saturated heterocycles. The maximum Gasteiger partial charge on any atom is 0.185 e. The first-order chi connectivity index (χ1) is 10.8. The lowest BCUT2D eigenvalue weighted by atomic mass is 10.1. The van der Waals surface area contributed by atoms with E-state index in [4.69, 9.17) is 4.74 Å². The lowest BCUT2D eigenvalue weighted by Crippen LogP contribution is -2.07. The van der Waals surface area contributed by atoms with Gasteiger partial charge in [-0.25, -0.2) is 4.98 Å². The lowest BCUT2D eigenvalue weighted by molar-refractivity contribution is 0.0892. The van der Waals surface area contributed by atoms with Gasteiger partial charge in [0, 0.05) is 37.2 Å². The summed E-state index contributed by atoms with van der Waals surface area (Å²) in [7, 11) is 0. The summed E-state index contributed by atoms with van der Waals surface area (Å²) in [6, 6.07) is 9.50. The third-order valence-electron chi connectivity index (χ3n) is 3.43. The Bertz CT molecular complexity index is 781. The summed E-state index contributed by atoms with van der Waals surface area (Å²) < 4.78 is 7.21. The molecule has 0 amide bonds. The Balaban J connectivity index is 2.07. The Morgan fingerprint density at radius 2 is 2.05 bits per heavy atom. The molecule has 3 aromatic heterocycles. The van der Waals surface area contributed by atoms with Crippen molar-refractivity contribution in [1.82, 2.24) is 14.4 Å². The second-order valence-corrected chi connectivity index (χ2v) is 4.84. The molecular formula is C17H17N3O2. The van der Waals surface area contributed by atoms with Crippen LogP contribution in [0.2, 0.25) is 0 Å². The van der Waals surface area contributed by atoms with E-state index in [0.29, 0.717) is 25.3 Å². The second-order valence-electron chi connectivity index (χ2n) is 4.84. The Kier molecular flexibility index (Phi) is 4.25. The molecule has 0 spiro atoms. The fourth-order valence-electron chi connectivity index (χ4n) is 2.40. The topological polar surface area (TPSA) is 56.5 Å². The van der Waals surface area contributed by atoms with Gasteiger partial charge in [-0.3, -0.25) is 14.2 Å². The number of nitrogens with zero attached hydrogens (tertiary/aromatic N) is 3. The van der Waals surface area contributed by atoms with Gasteiger partial charge < -0.3 is 4.74 Å². The molecule has 0 fully saturated rings. The highest BCUT2D eigenvalue weighted by Crippen LogP contribution is 2.25. The molecule has 3 aromatic rings. The number of ether oxygens (including phenoxy) is 1. The fraction of sp³-hybridized carbons (Fsp3) is 0.235. The number of Topliss-reactive ketones (excluding diaryl/α,β-unsaturated/α-hetero) is 1. The van der Waals surface area contributed by atoms with Crippen molar-refractivity contribution >= 4 is 11.4 Å². The Hall–Kier alpha value is -2.53. The van der Waals surface area contributed by atoms with Gasteiger partial charge in [0.2, 0.25) is 0 Å². The van der Waals surface area contributed by atoms with Crippen LogP contribution in [-0.2, 0) is 4.74 Å². The van der Waals surface area contributed by atoms with Crippen LogP contribution in [0.1, 0.15) is 23.8 Å². The average Bonchev–Trinajstić information content (AvgIpc) is 2.95. The summed E-state index contributed by atoms with van der Waals surface area (Å²) in [5.41, 5.74) is 2.97. The van der Waals surface area contributed by atoms with Gasteiger partial charge in [0.05, 0.1) is 12.3 Å². The van der Waals surface area contributed by atoms with Gasteiger partial charge in [-0.05, 0) is 31.2 Å². The number of aromatic nitrogens is 3. The summed E-state index contributed by atoms with van der Waals surface area (Å²) >= 11 is 0. The van der Waals surface area contributed by atoms with Gasteiger partial charge >= 0.3 is 0 Å². The molecule has 22 heavy (non-hydrogen) atoms. The number of fused-ring (bicyclic) bond motifs is 1. The molecular weight excluding hydrogens is 278 g/mol. The van der Waals surface area contributed by atoms with E-state index in [0.717, 1.165) is 16.9 Å². The minimum atomic E-state index is -0.0102. The van der Waals surface area contributed by atoms with Crippen molar-refractivity contribution in [1.29, 1.82) is 0 Å². The van der Waals surface area contributed by atoms with E-state index in [-0.39, 0.29) is 5.78 Å². The first kappa shape index (κ1) is 14.4. The van der Waals surface area contributed by atoms with Crippen LogP contribution in [0, 0.1) is 0 Å². The Morgan fingerprint density at radius 3 is 2.82 bits per heavy atom. The molecule has 0 aliphatic rings. The van der Waals surface area contributed by atoms with E-state index in [1.165, 1.54) is 0 Å². The number of hydrogen-bond donors (Lipinski definition) is 0. The third-order valence-corrected chi connectivity index (χ3v) is 3.43. The minimum Gasteiger partial charge on any atom is -0.381 e. The van der Waals surface area contributed by atoms with Gasteiger partial charge in [0.15, 0.2) is 5.78 Å². The normalized spacial score (nSPS) is 11.0. The molecule has 112 valence electrons. The molecule has 0 unspecified atom stereocenters. The standard InChI is InChI=1S/C17H17N3O2/c1-2-22-12-8-14(21)16-17(13-6-9-18-10-7-13)20-11-4-3-5-15(20)19-16/h3-7,9-11H,2,8,12H2,1H3. The number of pyridine rings is 2. The number of rotatable bonds is 6. The van der Waals surface area contributed by atoms with Gasteiger partial charge in [-0.15, -0.1) is 0 Å². The van der Waals surface area contributed by atoms with Crippen LogP contribution >= 0.6 is 0 Å². The minimum absolute atomic E-state index is 0.0102. The predicted octanol–water partition coefficient (Wildman–Crippen LogP) is 3.01. The highest BCUT2D eigenvalue weighted by molar-refractivity contribution is 6.01. The van der Waals surface area contributed by atoms with Crippen LogP contribution in [0.15, 0.2) is 48.9 Å². The molecule has 0 aromatic carbocycles. The fourth-order valence-corrected chi connectivity index (χ4v) is 2.40. The van der Waals surface area contributed by atoms with E-state index in [1.54, 1.807) is 12.4 Å². The van der Waals surface area contributed by atoms with Crippen LogP contribution in [0.5, 0.6) is 0 Å².